The van der Waals surface area contributed by atoms with Gasteiger partial charge < -0.3 is 4.74 Å². The van der Waals surface area contributed by atoms with E-state index in [1.165, 1.54) is 0 Å². The van der Waals surface area contributed by atoms with Gasteiger partial charge in [-0.3, -0.25) is 9.78 Å². The summed E-state index contributed by atoms with van der Waals surface area (Å²) in [4.78, 5) is 15.3. The summed E-state index contributed by atoms with van der Waals surface area (Å²) in [5.41, 5.74) is 0. The van der Waals surface area contributed by atoms with Gasteiger partial charge in [0.2, 0.25) is 0 Å². The molecule has 0 amide bonds. The van der Waals surface area contributed by atoms with E-state index in [1.807, 2.05) is 0 Å². The van der Waals surface area contributed by atoms with E-state index in [0.29, 0.717) is 12.2 Å². The molecule has 4 heteroatoms. The third-order valence-electron chi connectivity index (χ3n) is 1.94. The Hall–Kier alpha value is -0.650. The Bertz CT molecular complexity index is 328. The van der Waals surface area contributed by atoms with Crippen molar-refractivity contribution in [2.45, 2.75) is 32.6 Å². The molecule has 0 saturated carbocycles. The summed E-state index contributed by atoms with van der Waals surface area (Å²) in [6, 6.07) is 1.71. The van der Waals surface area contributed by atoms with Gasteiger partial charge in [-0.25, -0.2) is 0 Å². The Morgan fingerprint density at radius 2 is 2.33 bits per heavy atom. The summed E-state index contributed by atoms with van der Waals surface area (Å²) in [6.45, 7) is 2.11. The first kappa shape index (κ1) is 12.4. The Morgan fingerprint density at radius 1 is 1.53 bits per heavy atom. The van der Waals surface area contributed by atoms with Crippen molar-refractivity contribution < 1.29 is 9.53 Å². The van der Waals surface area contributed by atoms with Gasteiger partial charge in [0.15, 0.2) is 0 Å². The van der Waals surface area contributed by atoms with E-state index in [9.17, 15) is 4.79 Å². The van der Waals surface area contributed by atoms with E-state index in [1.54, 1.807) is 18.5 Å². The lowest BCUT2D eigenvalue weighted by Gasteiger charge is -2.04. The smallest absolute Gasteiger partial charge is 0.311 e. The molecule has 0 bridgehead atoms. The molecule has 0 unspecified atom stereocenters. The van der Waals surface area contributed by atoms with Crippen LogP contribution >= 0.6 is 22.6 Å². The van der Waals surface area contributed by atoms with E-state index in [0.717, 1.165) is 22.8 Å². The van der Waals surface area contributed by atoms with Gasteiger partial charge in [0.25, 0.3) is 0 Å². The normalized spacial score (nSPS) is 10.0. The molecule has 0 aliphatic heterocycles. The van der Waals surface area contributed by atoms with Gasteiger partial charge >= 0.3 is 5.97 Å². The van der Waals surface area contributed by atoms with Gasteiger partial charge in [-0.2, -0.15) is 0 Å². The molecular formula is C11H14INO2. The first-order chi connectivity index (χ1) is 7.24. The zero-order valence-electron chi connectivity index (χ0n) is 8.70. The predicted octanol–water partition coefficient (Wildman–Crippen LogP) is 3.17. The average Bonchev–Trinajstić information content (AvgIpc) is 2.22. The number of carbonyl (C=O) groups excluding carboxylic acids is 1. The number of ether oxygens (including phenoxy) is 1. The SMILES string of the molecule is CCCCCC(=O)Oc1ccncc1I. The van der Waals surface area contributed by atoms with E-state index < -0.39 is 0 Å². The number of halogens is 1. The van der Waals surface area contributed by atoms with Crippen molar-refractivity contribution in [1.29, 1.82) is 0 Å². The Kier molecular flexibility index (Phi) is 5.60. The van der Waals surface area contributed by atoms with E-state index >= 15 is 0 Å². The van der Waals surface area contributed by atoms with Gasteiger partial charge in [0, 0.05) is 24.9 Å². The maximum atomic E-state index is 11.4. The van der Waals surface area contributed by atoms with Crippen LogP contribution in [-0.2, 0) is 4.79 Å². The quantitative estimate of drug-likeness (QED) is 0.475. The van der Waals surface area contributed by atoms with Crippen LogP contribution < -0.4 is 4.74 Å². The van der Waals surface area contributed by atoms with Crippen LogP contribution in [0.4, 0.5) is 0 Å². The molecule has 0 fully saturated rings. The molecular weight excluding hydrogens is 305 g/mol. The molecule has 0 N–H and O–H groups in total. The number of aromatic nitrogens is 1. The molecule has 82 valence electrons. The van der Waals surface area contributed by atoms with Gasteiger partial charge in [-0.05, 0) is 29.0 Å². The maximum Gasteiger partial charge on any atom is 0.311 e. The molecule has 1 aromatic rings. The first-order valence-electron chi connectivity index (χ1n) is 5.04. The molecule has 0 spiro atoms. The zero-order valence-corrected chi connectivity index (χ0v) is 10.9. The fourth-order valence-corrected chi connectivity index (χ4v) is 1.59. The van der Waals surface area contributed by atoms with Crippen LogP contribution in [-0.4, -0.2) is 11.0 Å². The molecule has 0 radical (unpaired) electrons. The fourth-order valence-electron chi connectivity index (χ4n) is 1.14. The van der Waals surface area contributed by atoms with E-state index in [-0.39, 0.29) is 5.97 Å². The zero-order chi connectivity index (χ0) is 11.1. The fraction of sp³-hybridized carbons (Fsp3) is 0.455. The molecule has 1 heterocycles. The lowest BCUT2D eigenvalue weighted by molar-refractivity contribution is -0.134. The minimum Gasteiger partial charge on any atom is -0.425 e. The van der Waals surface area contributed by atoms with Gasteiger partial charge in [-0.1, -0.05) is 19.8 Å². The van der Waals surface area contributed by atoms with Crippen LogP contribution in [0.25, 0.3) is 0 Å². The molecule has 3 nitrogen and oxygen atoms in total. The molecule has 0 aliphatic rings. The van der Waals surface area contributed by atoms with Gasteiger partial charge in [-0.15, -0.1) is 0 Å². The second-order valence-electron chi connectivity index (χ2n) is 3.24. The Balaban J connectivity index is 2.41. The summed E-state index contributed by atoms with van der Waals surface area (Å²) in [5, 5.41) is 0. The van der Waals surface area contributed by atoms with Crippen molar-refractivity contribution in [3.8, 4) is 5.75 Å². The van der Waals surface area contributed by atoms with Crippen LogP contribution in [0.5, 0.6) is 5.75 Å². The highest BCUT2D eigenvalue weighted by atomic mass is 127. The van der Waals surface area contributed by atoms with Crippen molar-refractivity contribution in [1.82, 2.24) is 4.98 Å². The van der Waals surface area contributed by atoms with E-state index in [4.69, 9.17) is 4.74 Å². The van der Waals surface area contributed by atoms with Crippen molar-refractivity contribution in [2.24, 2.45) is 0 Å². The number of rotatable bonds is 5. The lowest BCUT2D eigenvalue weighted by Crippen LogP contribution is -2.08. The number of hydrogen-bond donors (Lipinski definition) is 0. The average molecular weight is 319 g/mol. The predicted molar refractivity (Wildman–Crippen MR) is 66.7 cm³/mol. The Morgan fingerprint density at radius 3 is 3.00 bits per heavy atom. The van der Waals surface area contributed by atoms with Crippen LogP contribution in [0.2, 0.25) is 0 Å². The standard InChI is InChI=1S/C11H14INO2/c1-2-3-4-5-11(14)15-10-6-7-13-8-9(10)12/h6-8H,2-5H2,1H3. The molecule has 0 aromatic carbocycles. The minimum absolute atomic E-state index is 0.160. The van der Waals surface area contributed by atoms with Crippen LogP contribution in [0.3, 0.4) is 0 Å². The highest BCUT2D eigenvalue weighted by Gasteiger charge is 2.06. The molecule has 0 atom stereocenters. The molecule has 1 rings (SSSR count). The first-order valence-corrected chi connectivity index (χ1v) is 6.12. The lowest BCUT2D eigenvalue weighted by atomic mass is 10.2. The highest BCUT2D eigenvalue weighted by Crippen LogP contribution is 2.19. The number of hydrogen-bond acceptors (Lipinski definition) is 3. The number of unbranched alkanes of at least 4 members (excludes halogenated alkanes) is 2. The largest absolute Gasteiger partial charge is 0.425 e. The molecule has 15 heavy (non-hydrogen) atoms. The molecule has 0 aliphatic carbocycles. The van der Waals surface area contributed by atoms with Crippen LogP contribution in [0, 0.1) is 3.57 Å². The summed E-state index contributed by atoms with van der Waals surface area (Å²) < 4.78 is 6.07. The number of nitrogens with zero attached hydrogens (tertiary/aromatic N) is 1. The topological polar surface area (TPSA) is 39.2 Å². The van der Waals surface area contributed by atoms with Gasteiger partial charge in [0.1, 0.15) is 5.75 Å². The summed E-state index contributed by atoms with van der Waals surface area (Å²) in [7, 11) is 0. The molecule has 1 aromatic heterocycles. The summed E-state index contributed by atoms with van der Waals surface area (Å²) in [6.07, 6.45) is 6.87. The van der Waals surface area contributed by atoms with Crippen molar-refractivity contribution in [3.63, 3.8) is 0 Å². The second-order valence-corrected chi connectivity index (χ2v) is 4.40. The monoisotopic (exact) mass is 319 g/mol. The summed E-state index contributed by atoms with van der Waals surface area (Å²) >= 11 is 2.10. The van der Waals surface area contributed by atoms with Crippen molar-refractivity contribution in [3.05, 3.63) is 22.0 Å². The third kappa shape index (κ3) is 4.59. The minimum atomic E-state index is -0.160. The highest BCUT2D eigenvalue weighted by molar-refractivity contribution is 14.1. The van der Waals surface area contributed by atoms with Crippen molar-refractivity contribution in [2.75, 3.05) is 0 Å². The third-order valence-corrected chi connectivity index (χ3v) is 2.75. The Labute approximate surface area is 103 Å². The van der Waals surface area contributed by atoms with Crippen LogP contribution in [0.15, 0.2) is 18.5 Å². The van der Waals surface area contributed by atoms with Crippen molar-refractivity contribution >= 4 is 28.6 Å². The second kappa shape index (κ2) is 6.76. The number of esters is 1. The number of carbonyl (C=O) groups is 1. The van der Waals surface area contributed by atoms with Crippen LogP contribution in [0.1, 0.15) is 32.6 Å². The summed E-state index contributed by atoms with van der Waals surface area (Å²) in [5.74, 6) is 0.444. The van der Waals surface area contributed by atoms with Gasteiger partial charge in [0.05, 0.1) is 3.57 Å². The maximum absolute atomic E-state index is 11.4. The number of pyridine rings is 1. The molecule has 0 saturated heterocycles. The van der Waals surface area contributed by atoms with E-state index in [2.05, 4.69) is 34.5 Å².